The van der Waals surface area contributed by atoms with Crippen molar-refractivity contribution < 1.29 is 0 Å². The first-order valence-corrected chi connectivity index (χ1v) is 8.00. The van der Waals surface area contributed by atoms with Crippen molar-refractivity contribution in [1.82, 2.24) is 15.0 Å². The van der Waals surface area contributed by atoms with Gasteiger partial charge in [0, 0.05) is 41.4 Å². The molecular formula is C18H18ClN5. The lowest BCUT2D eigenvalue weighted by atomic mass is 10.2. The van der Waals surface area contributed by atoms with Gasteiger partial charge in [-0.15, -0.1) is 0 Å². The van der Waals surface area contributed by atoms with Crippen LogP contribution in [0.1, 0.15) is 16.8 Å². The van der Waals surface area contributed by atoms with Gasteiger partial charge in [0.15, 0.2) is 0 Å². The Balaban J connectivity index is 1.77. The molecule has 0 aliphatic rings. The zero-order valence-electron chi connectivity index (χ0n) is 13.5. The van der Waals surface area contributed by atoms with Crippen LogP contribution in [0.2, 0.25) is 5.02 Å². The molecule has 0 aliphatic heterocycles. The second-order valence-electron chi connectivity index (χ2n) is 5.46. The summed E-state index contributed by atoms with van der Waals surface area (Å²) >= 11 is 6.16. The topological polar surface area (TPSA) is 62.7 Å². The highest BCUT2D eigenvalue weighted by Crippen LogP contribution is 2.25. The van der Waals surface area contributed by atoms with Crippen LogP contribution in [0.15, 0.2) is 48.8 Å². The highest BCUT2D eigenvalue weighted by atomic mass is 35.5. The van der Waals surface area contributed by atoms with Crippen LogP contribution in [0.4, 0.5) is 17.5 Å². The fraction of sp³-hybridized carbons (Fsp3) is 0.167. The fourth-order valence-electron chi connectivity index (χ4n) is 2.27. The number of nitrogens with zero attached hydrogens (tertiary/aromatic N) is 3. The van der Waals surface area contributed by atoms with E-state index < -0.39 is 0 Å². The largest absolute Gasteiger partial charge is 0.366 e. The Morgan fingerprint density at radius 2 is 1.83 bits per heavy atom. The van der Waals surface area contributed by atoms with E-state index in [4.69, 9.17) is 11.6 Å². The van der Waals surface area contributed by atoms with Crippen molar-refractivity contribution in [3.8, 4) is 0 Å². The zero-order valence-corrected chi connectivity index (χ0v) is 14.3. The summed E-state index contributed by atoms with van der Waals surface area (Å²) in [7, 11) is 0. The summed E-state index contributed by atoms with van der Waals surface area (Å²) in [6.45, 7) is 4.58. The summed E-state index contributed by atoms with van der Waals surface area (Å²) < 4.78 is 0. The van der Waals surface area contributed by atoms with Crippen molar-refractivity contribution in [2.75, 3.05) is 10.6 Å². The van der Waals surface area contributed by atoms with E-state index in [1.807, 2.05) is 50.2 Å². The number of aromatic nitrogens is 3. The predicted molar refractivity (Wildman–Crippen MR) is 97.8 cm³/mol. The standard InChI is InChI=1S/C18H18ClN5/c1-12-10-17(21-11-14-6-8-20-9-7-14)24-18(22-12)23-16-5-3-4-15(19)13(16)2/h3-10H,11H2,1-2H3,(H2,21,22,23,24). The number of halogens is 1. The third kappa shape index (κ3) is 4.00. The number of rotatable bonds is 5. The Labute approximate surface area is 146 Å². The van der Waals surface area contributed by atoms with Gasteiger partial charge < -0.3 is 10.6 Å². The first-order valence-electron chi connectivity index (χ1n) is 7.62. The number of nitrogens with one attached hydrogen (secondary N) is 2. The normalized spacial score (nSPS) is 10.5. The number of hydrogen-bond acceptors (Lipinski definition) is 5. The van der Waals surface area contributed by atoms with Gasteiger partial charge in [-0.05, 0) is 49.2 Å². The first-order chi connectivity index (χ1) is 11.6. The molecule has 6 heteroatoms. The highest BCUT2D eigenvalue weighted by molar-refractivity contribution is 6.31. The van der Waals surface area contributed by atoms with E-state index in [0.717, 1.165) is 28.3 Å². The average Bonchev–Trinajstić information content (AvgIpc) is 2.58. The number of anilines is 3. The molecule has 0 saturated carbocycles. The molecule has 0 radical (unpaired) electrons. The fourth-order valence-corrected chi connectivity index (χ4v) is 2.45. The Kier molecular flexibility index (Phi) is 4.91. The van der Waals surface area contributed by atoms with Gasteiger partial charge >= 0.3 is 0 Å². The molecule has 0 amide bonds. The van der Waals surface area contributed by atoms with E-state index in [0.29, 0.717) is 17.5 Å². The predicted octanol–water partition coefficient (Wildman–Crippen LogP) is 4.50. The molecule has 0 saturated heterocycles. The van der Waals surface area contributed by atoms with Gasteiger partial charge in [-0.2, -0.15) is 4.98 Å². The maximum absolute atomic E-state index is 6.16. The lowest BCUT2D eigenvalue weighted by molar-refractivity contribution is 1.05. The summed E-state index contributed by atoms with van der Waals surface area (Å²) in [5.74, 6) is 1.30. The maximum atomic E-state index is 6.16. The van der Waals surface area contributed by atoms with E-state index in [2.05, 4.69) is 25.6 Å². The minimum atomic E-state index is 0.539. The molecule has 2 N–H and O–H groups in total. The van der Waals surface area contributed by atoms with Crippen LogP contribution < -0.4 is 10.6 Å². The summed E-state index contributed by atoms with van der Waals surface area (Å²) in [6.07, 6.45) is 3.55. The van der Waals surface area contributed by atoms with Crippen LogP contribution in [-0.2, 0) is 6.54 Å². The molecule has 122 valence electrons. The lowest BCUT2D eigenvalue weighted by Crippen LogP contribution is -2.06. The molecule has 0 unspecified atom stereocenters. The van der Waals surface area contributed by atoms with Crippen LogP contribution >= 0.6 is 11.6 Å². The van der Waals surface area contributed by atoms with Gasteiger partial charge in [-0.3, -0.25) is 4.98 Å². The van der Waals surface area contributed by atoms with E-state index in [1.165, 1.54) is 0 Å². The van der Waals surface area contributed by atoms with Gasteiger partial charge in [0.1, 0.15) is 5.82 Å². The Hall–Kier alpha value is -2.66. The zero-order chi connectivity index (χ0) is 16.9. The SMILES string of the molecule is Cc1cc(NCc2ccncc2)nc(Nc2cccc(Cl)c2C)n1. The Morgan fingerprint density at radius 3 is 2.62 bits per heavy atom. The molecule has 0 bridgehead atoms. The summed E-state index contributed by atoms with van der Waals surface area (Å²) in [5, 5.41) is 7.26. The number of benzene rings is 1. The van der Waals surface area contributed by atoms with Crippen LogP contribution in [-0.4, -0.2) is 15.0 Å². The van der Waals surface area contributed by atoms with Gasteiger partial charge in [-0.1, -0.05) is 17.7 Å². The van der Waals surface area contributed by atoms with E-state index in [1.54, 1.807) is 12.4 Å². The van der Waals surface area contributed by atoms with Crippen LogP contribution in [0.3, 0.4) is 0 Å². The van der Waals surface area contributed by atoms with E-state index >= 15 is 0 Å². The molecule has 3 aromatic rings. The minimum absolute atomic E-state index is 0.539. The molecule has 0 fully saturated rings. The van der Waals surface area contributed by atoms with E-state index in [9.17, 15) is 0 Å². The molecular weight excluding hydrogens is 322 g/mol. The van der Waals surface area contributed by atoms with E-state index in [-0.39, 0.29) is 0 Å². The molecule has 24 heavy (non-hydrogen) atoms. The molecule has 0 atom stereocenters. The van der Waals surface area contributed by atoms with Crippen molar-refractivity contribution in [3.63, 3.8) is 0 Å². The van der Waals surface area contributed by atoms with Gasteiger partial charge in [-0.25, -0.2) is 4.98 Å². The second kappa shape index (κ2) is 7.27. The summed E-state index contributed by atoms with van der Waals surface area (Å²) in [4.78, 5) is 13.0. The van der Waals surface area contributed by atoms with Crippen molar-refractivity contribution >= 4 is 29.1 Å². The summed E-state index contributed by atoms with van der Waals surface area (Å²) in [6, 6.07) is 11.6. The summed E-state index contributed by atoms with van der Waals surface area (Å²) in [5.41, 5.74) is 3.88. The van der Waals surface area contributed by atoms with Crippen molar-refractivity contribution in [1.29, 1.82) is 0 Å². The second-order valence-corrected chi connectivity index (χ2v) is 5.87. The highest BCUT2D eigenvalue weighted by Gasteiger charge is 2.06. The molecule has 0 spiro atoms. The van der Waals surface area contributed by atoms with Gasteiger partial charge in [0.05, 0.1) is 0 Å². The Morgan fingerprint density at radius 1 is 1.04 bits per heavy atom. The third-order valence-electron chi connectivity index (χ3n) is 3.59. The molecule has 5 nitrogen and oxygen atoms in total. The smallest absolute Gasteiger partial charge is 0.229 e. The molecule has 2 aromatic heterocycles. The van der Waals surface area contributed by atoms with Crippen molar-refractivity contribution in [2.24, 2.45) is 0 Å². The van der Waals surface area contributed by atoms with Gasteiger partial charge in [0.25, 0.3) is 0 Å². The minimum Gasteiger partial charge on any atom is -0.366 e. The molecule has 1 aromatic carbocycles. The molecule has 3 rings (SSSR count). The number of aryl methyl sites for hydroxylation is 1. The number of pyridine rings is 1. The Bertz CT molecular complexity index is 836. The molecule has 0 aliphatic carbocycles. The first kappa shape index (κ1) is 16.2. The quantitative estimate of drug-likeness (QED) is 0.716. The van der Waals surface area contributed by atoms with Crippen LogP contribution in [0.25, 0.3) is 0 Å². The molecule has 2 heterocycles. The van der Waals surface area contributed by atoms with Crippen molar-refractivity contribution in [2.45, 2.75) is 20.4 Å². The third-order valence-corrected chi connectivity index (χ3v) is 4.00. The number of hydrogen-bond donors (Lipinski definition) is 2. The van der Waals surface area contributed by atoms with Crippen molar-refractivity contribution in [3.05, 3.63) is 70.6 Å². The average molecular weight is 340 g/mol. The van der Waals surface area contributed by atoms with Crippen LogP contribution in [0.5, 0.6) is 0 Å². The lowest BCUT2D eigenvalue weighted by Gasteiger charge is -2.12. The monoisotopic (exact) mass is 339 g/mol. The maximum Gasteiger partial charge on any atom is 0.229 e. The van der Waals surface area contributed by atoms with Crippen LogP contribution in [0, 0.1) is 13.8 Å². The van der Waals surface area contributed by atoms with Gasteiger partial charge in [0.2, 0.25) is 5.95 Å².